The zero-order valence-corrected chi connectivity index (χ0v) is 30.6. The summed E-state index contributed by atoms with van der Waals surface area (Å²) in [5.41, 5.74) is 4.01. The van der Waals surface area contributed by atoms with Crippen LogP contribution >= 0.6 is 0 Å². The number of aromatic nitrogens is 4. The summed E-state index contributed by atoms with van der Waals surface area (Å²) in [6.07, 6.45) is 0.964. The van der Waals surface area contributed by atoms with Gasteiger partial charge in [-0.15, -0.1) is 5.10 Å². The van der Waals surface area contributed by atoms with Gasteiger partial charge in [0.2, 0.25) is 0 Å². The number of piperidine rings is 1. The Balaban J connectivity index is 0.000000629. The summed E-state index contributed by atoms with van der Waals surface area (Å²) in [6, 6.07) is 9.05. The van der Waals surface area contributed by atoms with Crippen molar-refractivity contribution in [1.29, 1.82) is 0 Å². The number of halogens is 6. The number of amides is 1. The van der Waals surface area contributed by atoms with Crippen LogP contribution in [0.3, 0.4) is 0 Å². The molecular weight excluding hydrogens is 748 g/mol. The highest BCUT2D eigenvalue weighted by atomic mass is 19.4. The summed E-state index contributed by atoms with van der Waals surface area (Å²) >= 11 is 0. The summed E-state index contributed by atoms with van der Waals surface area (Å²) in [5.74, 6) is -5.60. The summed E-state index contributed by atoms with van der Waals surface area (Å²) in [6.45, 7) is 4.40. The fourth-order valence-electron chi connectivity index (χ4n) is 7.89. The van der Waals surface area contributed by atoms with Gasteiger partial charge in [0, 0.05) is 63.3 Å². The molecule has 1 aliphatic carbocycles. The van der Waals surface area contributed by atoms with E-state index >= 15 is 4.39 Å². The number of imidazole rings is 1. The van der Waals surface area contributed by atoms with Crippen LogP contribution in [0.5, 0.6) is 0 Å². The quantitative estimate of drug-likeness (QED) is 0.169. The Bertz CT molecular complexity index is 2120. The van der Waals surface area contributed by atoms with E-state index in [2.05, 4.69) is 30.8 Å². The number of carbonyl (C=O) groups excluding carboxylic acids is 1. The molecule has 3 aliphatic heterocycles. The van der Waals surface area contributed by atoms with Crippen LogP contribution in [0.1, 0.15) is 47.8 Å². The van der Waals surface area contributed by atoms with Crippen molar-refractivity contribution in [2.75, 3.05) is 56.6 Å². The lowest BCUT2D eigenvalue weighted by Crippen LogP contribution is -2.69. The average Bonchev–Trinajstić information content (AvgIpc) is 3.77. The fraction of sp³-hybridized carbons (Fsp3) is 0.486. The summed E-state index contributed by atoms with van der Waals surface area (Å²) in [7, 11) is 1.80. The van der Waals surface area contributed by atoms with Crippen molar-refractivity contribution >= 4 is 34.7 Å². The van der Waals surface area contributed by atoms with Gasteiger partial charge in [-0.2, -0.15) is 13.2 Å². The first kappa shape index (κ1) is 39.2. The Hall–Kier alpha value is -5.01. The van der Waals surface area contributed by atoms with Crippen LogP contribution in [-0.4, -0.2) is 112 Å². The molecule has 300 valence electrons. The maximum atomic E-state index is 15.7. The Morgan fingerprint density at radius 1 is 1.12 bits per heavy atom. The number of hydrogen-bond donors (Lipinski definition) is 4. The molecule has 56 heavy (non-hydrogen) atoms. The molecule has 0 radical (unpaired) electrons. The lowest BCUT2D eigenvalue weighted by Gasteiger charge is -2.56. The molecule has 1 spiro atoms. The molecule has 0 unspecified atom stereocenters. The minimum Gasteiger partial charge on any atom is -0.475 e. The number of likely N-dealkylation sites (tertiary alicyclic amines) is 1. The molecule has 6 heterocycles. The number of rotatable bonds is 9. The van der Waals surface area contributed by atoms with Gasteiger partial charge >= 0.3 is 12.1 Å². The van der Waals surface area contributed by atoms with Gasteiger partial charge in [-0.05, 0) is 62.4 Å². The second-order valence-electron chi connectivity index (χ2n) is 14.4. The van der Waals surface area contributed by atoms with Crippen LogP contribution in [0.4, 0.5) is 43.5 Å². The molecule has 1 amide bonds. The number of carboxylic acid groups (broad SMARTS) is 1. The van der Waals surface area contributed by atoms with Gasteiger partial charge in [0.05, 0.1) is 36.0 Å². The summed E-state index contributed by atoms with van der Waals surface area (Å²) in [5, 5.41) is 21.1. The van der Waals surface area contributed by atoms with Crippen molar-refractivity contribution in [3.63, 3.8) is 0 Å². The van der Waals surface area contributed by atoms with E-state index in [1.807, 2.05) is 36.1 Å². The molecule has 3 aromatic heterocycles. The second kappa shape index (κ2) is 15.2. The van der Waals surface area contributed by atoms with Crippen LogP contribution in [-0.2, 0) is 22.5 Å². The summed E-state index contributed by atoms with van der Waals surface area (Å²) < 4.78 is 84.0. The topological polar surface area (TPSA) is 149 Å². The highest BCUT2D eigenvalue weighted by molar-refractivity contribution is 5.94. The Morgan fingerprint density at radius 2 is 1.89 bits per heavy atom. The van der Waals surface area contributed by atoms with Crippen LogP contribution in [0, 0.1) is 11.2 Å². The van der Waals surface area contributed by atoms with E-state index in [1.165, 1.54) is 12.3 Å². The Morgan fingerprint density at radius 3 is 2.54 bits per heavy atom. The monoisotopic (exact) mass is 789 g/mol. The van der Waals surface area contributed by atoms with Crippen molar-refractivity contribution in [3.05, 3.63) is 65.4 Å². The predicted octanol–water partition coefficient (Wildman–Crippen LogP) is 5.03. The molecule has 4 N–H and O–H groups in total. The molecule has 8 rings (SSSR count). The molecule has 1 saturated carbocycles. The van der Waals surface area contributed by atoms with Gasteiger partial charge in [0.15, 0.2) is 17.2 Å². The molecule has 4 aromatic rings. The molecule has 2 saturated heterocycles. The lowest BCUT2D eigenvalue weighted by molar-refractivity contribution is -0.205. The maximum Gasteiger partial charge on any atom is 0.490 e. The number of carbonyl (C=O) groups is 2. The fourth-order valence-corrected chi connectivity index (χ4v) is 7.89. The van der Waals surface area contributed by atoms with Gasteiger partial charge in [0.25, 0.3) is 11.8 Å². The van der Waals surface area contributed by atoms with Crippen molar-refractivity contribution in [3.8, 4) is 11.3 Å². The second-order valence-corrected chi connectivity index (χ2v) is 14.4. The molecule has 1 aromatic carbocycles. The van der Waals surface area contributed by atoms with Gasteiger partial charge in [-0.3, -0.25) is 14.7 Å². The standard InChI is InChI=1S/C35H40F3N9O2.C2HF3O2/c1-3-49-29-8-7-25(29)43-33(48)28-16-42-32-26(39-2)14-30(44-47(28)32)46-12-9-22-23(5-4-6-27(22)46)31-24(36)13-21(15-41-31)17-45-19-34(20-45)10-11-40-18-35(34,37)38;3-2(4,5)1(6)7/h4-6,13-16,25,29,39-40H,3,7-12,17-20H2,1-2H3,(H,43,48);(H,6,7)/t25-,29-;/m1./s1. The normalized spacial score (nSPS) is 21.1. The minimum atomic E-state index is -5.08. The first-order valence-electron chi connectivity index (χ1n) is 18.3. The number of ether oxygens (including phenoxy) is 1. The third kappa shape index (κ3) is 7.34. The average molecular weight is 790 g/mol. The number of fused-ring (bicyclic) bond motifs is 2. The highest BCUT2D eigenvalue weighted by Crippen LogP contribution is 2.49. The van der Waals surface area contributed by atoms with E-state index in [1.54, 1.807) is 17.8 Å². The van der Waals surface area contributed by atoms with Crippen molar-refractivity contribution < 1.29 is 45.8 Å². The Kier molecular flexibility index (Phi) is 10.6. The van der Waals surface area contributed by atoms with E-state index in [-0.39, 0.29) is 30.3 Å². The molecule has 13 nitrogen and oxygen atoms in total. The first-order valence-corrected chi connectivity index (χ1v) is 18.3. The maximum absolute atomic E-state index is 15.7. The van der Waals surface area contributed by atoms with Crippen LogP contribution in [0.25, 0.3) is 16.9 Å². The third-order valence-electron chi connectivity index (χ3n) is 10.9. The summed E-state index contributed by atoms with van der Waals surface area (Å²) in [4.78, 5) is 35.3. The third-order valence-corrected chi connectivity index (χ3v) is 10.9. The number of nitrogens with zero attached hydrogens (tertiary/aromatic N) is 6. The van der Waals surface area contributed by atoms with Crippen LogP contribution in [0.2, 0.25) is 0 Å². The zero-order valence-electron chi connectivity index (χ0n) is 30.6. The molecule has 4 aliphatic rings. The molecule has 19 heteroatoms. The zero-order chi connectivity index (χ0) is 40.0. The van der Waals surface area contributed by atoms with E-state index in [0.29, 0.717) is 86.1 Å². The van der Waals surface area contributed by atoms with Crippen LogP contribution in [0.15, 0.2) is 42.7 Å². The van der Waals surface area contributed by atoms with Crippen molar-refractivity contribution in [2.24, 2.45) is 5.41 Å². The van der Waals surface area contributed by atoms with Gasteiger partial charge in [-0.1, -0.05) is 12.1 Å². The van der Waals surface area contributed by atoms with Gasteiger partial charge < -0.3 is 30.7 Å². The molecule has 2 atom stereocenters. The van der Waals surface area contributed by atoms with Gasteiger partial charge in [0.1, 0.15) is 11.5 Å². The molecule has 3 fully saturated rings. The highest BCUT2D eigenvalue weighted by Gasteiger charge is 2.60. The number of carboxylic acids is 1. The van der Waals surface area contributed by atoms with Crippen molar-refractivity contribution in [1.82, 2.24) is 35.1 Å². The molecule has 0 bridgehead atoms. The lowest BCUT2D eigenvalue weighted by atomic mass is 9.69. The van der Waals surface area contributed by atoms with Crippen LogP contribution < -0.4 is 20.9 Å². The van der Waals surface area contributed by atoms with E-state index in [4.69, 9.17) is 19.7 Å². The SMILES string of the molecule is CCO[C@@H]1CC[C@H]1NC(=O)c1cnc2c(NC)cc(N3CCc4c(-c5ncc(CN6CC7(CCNCC7(F)F)C6)cc5F)cccc43)nn12.O=C(O)C(F)(F)F. The Labute approximate surface area is 317 Å². The number of anilines is 3. The molecular formula is C37H41F6N9O4. The van der Waals surface area contributed by atoms with E-state index in [0.717, 1.165) is 24.1 Å². The largest absolute Gasteiger partial charge is 0.490 e. The van der Waals surface area contributed by atoms with E-state index in [9.17, 15) is 26.7 Å². The van der Waals surface area contributed by atoms with Gasteiger partial charge in [-0.25, -0.2) is 27.5 Å². The first-order chi connectivity index (χ1) is 26.6. The number of nitrogens with one attached hydrogen (secondary N) is 3. The number of hydrogen-bond acceptors (Lipinski definition) is 10. The number of alkyl halides is 5. The number of aliphatic carboxylic acids is 1. The smallest absolute Gasteiger partial charge is 0.475 e. The predicted molar refractivity (Wildman–Crippen MR) is 193 cm³/mol. The van der Waals surface area contributed by atoms with Crippen molar-refractivity contribution in [2.45, 2.75) is 63.4 Å². The van der Waals surface area contributed by atoms with E-state index < -0.39 is 29.3 Å². The number of pyridine rings is 1. The minimum absolute atomic E-state index is 0.0125. The number of benzene rings is 1.